The number of halogens is 1. The Morgan fingerprint density at radius 3 is 2.30 bits per heavy atom. The molecule has 0 saturated carbocycles. The Kier molecular flexibility index (Phi) is 7.65. The Morgan fingerprint density at radius 1 is 1.00 bits per heavy atom. The lowest BCUT2D eigenvalue weighted by molar-refractivity contribution is -0.191. The quantitative estimate of drug-likeness (QED) is 0.423. The third-order valence-electron chi connectivity index (χ3n) is 5.76. The largest absolute Gasteiger partial charge is 0.448 e. The van der Waals surface area contributed by atoms with E-state index in [9.17, 15) is 19.2 Å². The van der Waals surface area contributed by atoms with Gasteiger partial charge in [-0.25, -0.2) is 18.5 Å². The Balaban J connectivity index is 1.60. The van der Waals surface area contributed by atoms with Gasteiger partial charge in [-0.05, 0) is 24.6 Å². The van der Waals surface area contributed by atoms with Crippen molar-refractivity contribution in [2.45, 2.75) is 51.5 Å². The SMILES string of the molecule is CC(=O)OC1OC(n2ccc(=O)n(COCc3ccccc3)c2=O)C(C)(F)C1OC(=O)c1ccccc1. The van der Waals surface area contributed by atoms with E-state index in [-0.39, 0.29) is 12.2 Å². The molecular weight excluding hydrogens is 487 g/mol. The predicted octanol–water partition coefficient (Wildman–Crippen LogP) is 2.56. The van der Waals surface area contributed by atoms with Gasteiger partial charge in [0.15, 0.2) is 11.9 Å². The van der Waals surface area contributed by atoms with Crippen molar-refractivity contribution in [3.8, 4) is 0 Å². The average molecular weight is 512 g/mol. The molecule has 2 heterocycles. The number of hydrogen-bond donors (Lipinski definition) is 0. The van der Waals surface area contributed by atoms with Gasteiger partial charge >= 0.3 is 17.6 Å². The van der Waals surface area contributed by atoms with Crippen LogP contribution in [0.3, 0.4) is 0 Å². The molecule has 1 aliphatic heterocycles. The summed E-state index contributed by atoms with van der Waals surface area (Å²) in [5.41, 5.74) is -3.16. The van der Waals surface area contributed by atoms with Gasteiger partial charge in [0.05, 0.1) is 12.2 Å². The highest BCUT2D eigenvalue weighted by atomic mass is 19.1. The highest BCUT2D eigenvalue weighted by Gasteiger charge is 2.60. The summed E-state index contributed by atoms with van der Waals surface area (Å²) in [6, 6.07) is 18.0. The van der Waals surface area contributed by atoms with E-state index in [1.807, 2.05) is 30.3 Å². The van der Waals surface area contributed by atoms with Crippen molar-refractivity contribution in [2.75, 3.05) is 0 Å². The molecule has 4 atom stereocenters. The summed E-state index contributed by atoms with van der Waals surface area (Å²) in [4.78, 5) is 49.9. The lowest BCUT2D eigenvalue weighted by Crippen LogP contribution is -2.48. The second-order valence-corrected chi connectivity index (χ2v) is 8.54. The van der Waals surface area contributed by atoms with Crippen LogP contribution in [-0.4, -0.2) is 39.1 Å². The van der Waals surface area contributed by atoms with E-state index in [0.29, 0.717) is 0 Å². The van der Waals surface area contributed by atoms with Crippen LogP contribution < -0.4 is 11.2 Å². The van der Waals surface area contributed by atoms with Crippen LogP contribution in [0.5, 0.6) is 0 Å². The number of alkyl halides is 1. The smallest absolute Gasteiger partial charge is 0.338 e. The highest BCUT2D eigenvalue weighted by Crippen LogP contribution is 2.43. The number of nitrogens with zero attached hydrogens (tertiary/aromatic N) is 2. The fourth-order valence-corrected chi connectivity index (χ4v) is 3.91. The maximum atomic E-state index is 16.2. The zero-order valence-electron chi connectivity index (χ0n) is 20.1. The molecule has 1 fully saturated rings. The summed E-state index contributed by atoms with van der Waals surface area (Å²) in [6.07, 6.45) is -3.99. The number of carbonyl (C=O) groups excluding carboxylic acids is 2. The Hall–Kier alpha value is -4.09. The molecule has 0 N–H and O–H groups in total. The second-order valence-electron chi connectivity index (χ2n) is 8.54. The topological polar surface area (TPSA) is 115 Å². The predicted molar refractivity (Wildman–Crippen MR) is 127 cm³/mol. The van der Waals surface area contributed by atoms with Crippen LogP contribution in [0.4, 0.5) is 4.39 Å². The molecule has 1 aliphatic rings. The Labute approximate surface area is 210 Å². The fourth-order valence-electron chi connectivity index (χ4n) is 3.91. The average Bonchev–Trinajstić information content (AvgIpc) is 3.11. The third kappa shape index (κ3) is 5.68. The van der Waals surface area contributed by atoms with Crippen molar-refractivity contribution in [1.82, 2.24) is 9.13 Å². The molecule has 37 heavy (non-hydrogen) atoms. The van der Waals surface area contributed by atoms with Gasteiger partial charge in [-0.1, -0.05) is 48.5 Å². The van der Waals surface area contributed by atoms with Crippen LogP contribution in [-0.2, 0) is 37.1 Å². The van der Waals surface area contributed by atoms with E-state index in [0.717, 1.165) is 40.8 Å². The molecule has 1 saturated heterocycles. The van der Waals surface area contributed by atoms with Gasteiger partial charge in [-0.15, -0.1) is 0 Å². The molecule has 0 bridgehead atoms. The molecule has 0 aliphatic carbocycles. The number of ether oxygens (including phenoxy) is 4. The number of rotatable bonds is 8. The number of carbonyl (C=O) groups is 2. The molecular formula is C26H25FN2O8. The minimum atomic E-state index is -2.54. The van der Waals surface area contributed by atoms with Gasteiger partial charge in [0.25, 0.3) is 5.56 Å². The second kappa shape index (κ2) is 10.9. The summed E-state index contributed by atoms with van der Waals surface area (Å²) in [7, 11) is 0. The molecule has 10 nitrogen and oxygen atoms in total. The molecule has 4 rings (SSSR count). The van der Waals surface area contributed by atoms with Gasteiger partial charge < -0.3 is 18.9 Å². The monoisotopic (exact) mass is 512 g/mol. The molecule has 0 spiro atoms. The number of benzene rings is 2. The minimum absolute atomic E-state index is 0.133. The summed E-state index contributed by atoms with van der Waals surface area (Å²) < 4.78 is 39.3. The number of aromatic nitrogens is 2. The van der Waals surface area contributed by atoms with Gasteiger partial charge in [0.2, 0.25) is 12.4 Å². The van der Waals surface area contributed by atoms with Gasteiger partial charge in [-0.3, -0.25) is 14.2 Å². The fraction of sp³-hybridized carbons (Fsp3) is 0.308. The van der Waals surface area contributed by atoms with E-state index in [2.05, 4.69) is 0 Å². The lowest BCUT2D eigenvalue weighted by Gasteiger charge is -2.27. The van der Waals surface area contributed by atoms with E-state index < -0.39 is 54.2 Å². The van der Waals surface area contributed by atoms with Crippen LogP contribution in [0.1, 0.15) is 36.0 Å². The molecule has 3 aromatic rings. The Bertz CT molecular complexity index is 1370. The van der Waals surface area contributed by atoms with Crippen molar-refractivity contribution in [3.63, 3.8) is 0 Å². The maximum Gasteiger partial charge on any atom is 0.338 e. The molecule has 0 radical (unpaired) electrons. The summed E-state index contributed by atoms with van der Waals surface area (Å²) >= 11 is 0. The zero-order chi connectivity index (χ0) is 26.6. The minimum Gasteiger partial charge on any atom is -0.448 e. The number of esters is 2. The van der Waals surface area contributed by atoms with Crippen LogP contribution in [0, 0.1) is 0 Å². The van der Waals surface area contributed by atoms with Crippen molar-refractivity contribution < 1.29 is 32.9 Å². The number of hydrogen-bond acceptors (Lipinski definition) is 8. The highest BCUT2D eigenvalue weighted by molar-refractivity contribution is 5.89. The van der Waals surface area contributed by atoms with E-state index in [1.54, 1.807) is 18.2 Å². The zero-order valence-corrected chi connectivity index (χ0v) is 20.1. The molecule has 2 aromatic carbocycles. The molecule has 1 aromatic heterocycles. The maximum absolute atomic E-state index is 16.2. The first-order valence-electron chi connectivity index (χ1n) is 11.4. The van der Waals surface area contributed by atoms with Crippen LogP contribution in [0.25, 0.3) is 0 Å². The molecule has 11 heteroatoms. The normalized spacial score (nSPS) is 22.9. The molecule has 4 unspecified atom stereocenters. The van der Waals surface area contributed by atoms with Crippen molar-refractivity contribution >= 4 is 11.9 Å². The Morgan fingerprint density at radius 2 is 1.65 bits per heavy atom. The van der Waals surface area contributed by atoms with E-state index in [4.69, 9.17) is 18.9 Å². The van der Waals surface area contributed by atoms with Crippen LogP contribution in [0.15, 0.2) is 82.5 Å². The first kappa shape index (κ1) is 26.0. The molecule has 0 amide bonds. The first-order valence-corrected chi connectivity index (χ1v) is 11.4. The van der Waals surface area contributed by atoms with E-state index >= 15 is 4.39 Å². The standard InChI is InChI=1S/C26H25FN2O8/c1-17(30)35-23-21(36-22(32)19-11-7-4-8-12-19)26(2,27)24(37-23)28-14-13-20(31)29(25(28)33)16-34-15-18-9-5-3-6-10-18/h3-14,21,23-24H,15-16H2,1-2H3. The third-order valence-corrected chi connectivity index (χ3v) is 5.76. The first-order chi connectivity index (χ1) is 17.7. The molecule has 194 valence electrons. The summed E-state index contributed by atoms with van der Waals surface area (Å²) in [5, 5.41) is 0. The lowest BCUT2D eigenvalue weighted by atomic mass is 10.0. The summed E-state index contributed by atoms with van der Waals surface area (Å²) in [6.45, 7) is 1.87. The van der Waals surface area contributed by atoms with E-state index in [1.165, 1.54) is 12.1 Å². The van der Waals surface area contributed by atoms with Gasteiger partial charge in [-0.2, -0.15) is 0 Å². The van der Waals surface area contributed by atoms with Crippen molar-refractivity contribution in [3.05, 3.63) is 105 Å². The van der Waals surface area contributed by atoms with Crippen molar-refractivity contribution in [1.29, 1.82) is 0 Å². The van der Waals surface area contributed by atoms with Crippen LogP contribution >= 0.6 is 0 Å². The van der Waals surface area contributed by atoms with Crippen LogP contribution in [0.2, 0.25) is 0 Å². The summed E-state index contributed by atoms with van der Waals surface area (Å²) in [5.74, 6) is -1.68. The van der Waals surface area contributed by atoms with Gasteiger partial charge in [0.1, 0.15) is 6.73 Å². The van der Waals surface area contributed by atoms with Crippen molar-refractivity contribution in [2.24, 2.45) is 0 Å². The van der Waals surface area contributed by atoms with Gasteiger partial charge in [0, 0.05) is 19.2 Å².